The van der Waals surface area contributed by atoms with Crippen LogP contribution in [-0.2, 0) is 10.3 Å². The normalized spacial score (nSPS) is 20.1. The first-order valence-corrected chi connectivity index (χ1v) is 5.71. The SMILES string of the molecule is Oc1cccc(Br)c1C1(O)CCOCC1. The third kappa shape index (κ3) is 2.02. The van der Waals surface area contributed by atoms with Gasteiger partial charge in [-0.2, -0.15) is 0 Å². The fourth-order valence-electron chi connectivity index (χ4n) is 1.93. The quantitative estimate of drug-likeness (QED) is 0.824. The number of aromatic hydroxyl groups is 1. The van der Waals surface area contributed by atoms with Crippen molar-refractivity contribution in [3.63, 3.8) is 0 Å². The number of rotatable bonds is 1. The summed E-state index contributed by atoms with van der Waals surface area (Å²) in [6.07, 6.45) is 1.03. The lowest BCUT2D eigenvalue weighted by molar-refractivity contribution is -0.0693. The van der Waals surface area contributed by atoms with Gasteiger partial charge in [0.15, 0.2) is 0 Å². The van der Waals surface area contributed by atoms with Crippen molar-refractivity contribution in [2.45, 2.75) is 18.4 Å². The van der Waals surface area contributed by atoms with Gasteiger partial charge in [-0.3, -0.25) is 0 Å². The number of phenols is 1. The van der Waals surface area contributed by atoms with E-state index in [0.717, 1.165) is 4.47 Å². The van der Waals surface area contributed by atoms with Gasteiger partial charge in [-0.15, -0.1) is 0 Å². The van der Waals surface area contributed by atoms with Crippen LogP contribution in [0.25, 0.3) is 0 Å². The van der Waals surface area contributed by atoms with Crippen LogP contribution in [-0.4, -0.2) is 23.4 Å². The highest BCUT2D eigenvalue weighted by atomic mass is 79.9. The van der Waals surface area contributed by atoms with Crippen molar-refractivity contribution < 1.29 is 14.9 Å². The van der Waals surface area contributed by atoms with E-state index in [4.69, 9.17) is 4.74 Å². The summed E-state index contributed by atoms with van der Waals surface area (Å²) in [7, 11) is 0. The molecule has 0 atom stereocenters. The Hall–Kier alpha value is -0.580. The second-order valence-electron chi connectivity index (χ2n) is 3.78. The van der Waals surface area contributed by atoms with Crippen LogP contribution < -0.4 is 0 Å². The van der Waals surface area contributed by atoms with Gasteiger partial charge in [0, 0.05) is 36.1 Å². The van der Waals surface area contributed by atoms with E-state index in [0.29, 0.717) is 31.6 Å². The van der Waals surface area contributed by atoms with E-state index in [9.17, 15) is 10.2 Å². The highest BCUT2D eigenvalue weighted by Crippen LogP contribution is 2.41. The zero-order chi connectivity index (χ0) is 10.9. The summed E-state index contributed by atoms with van der Waals surface area (Å²) in [5.74, 6) is 0.133. The van der Waals surface area contributed by atoms with Crippen LogP contribution in [0.3, 0.4) is 0 Å². The van der Waals surface area contributed by atoms with E-state index in [-0.39, 0.29) is 5.75 Å². The molecule has 0 saturated carbocycles. The molecule has 3 nitrogen and oxygen atoms in total. The Morgan fingerprint density at radius 2 is 1.93 bits per heavy atom. The van der Waals surface area contributed by atoms with Crippen molar-refractivity contribution in [3.8, 4) is 5.75 Å². The van der Waals surface area contributed by atoms with Gasteiger partial charge >= 0.3 is 0 Å². The molecule has 1 aromatic rings. The summed E-state index contributed by atoms with van der Waals surface area (Å²) >= 11 is 3.36. The number of benzene rings is 1. The monoisotopic (exact) mass is 272 g/mol. The number of ether oxygens (including phenoxy) is 1. The molecule has 82 valence electrons. The highest BCUT2D eigenvalue weighted by Gasteiger charge is 2.35. The van der Waals surface area contributed by atoms with E-state index < -0.39 is 5.60 Å². The van der Waals surface area contributed by atoms with Gasteiger partial charge in [0.1, 0.15) is 5.75 Å². The minimum absolute atomic E-state index is 0.133. The highest BCUT2D eigenvalue weighted by molar-refractivity contribution is 9.10. The molecular weight excluding hydrogens is 260 g/mol. The second kappa shape index (κ2) is 4.12. The lowest BCUT2D eigenvalue weighted by atomic mass is 9.86. The summed E-state index contributed by atoms with van der Waals surface area (Å²) in [5.41, 5.74) is -0.393. The molecule has 0 spiro atoms. The summed E-state index contributed by atoms with van der Waals surface area (Å²) in [5, 5.41) is 20.2. The first-order chi connectivity index (χ1) is 7.13. The maximum Gasteiger partial charge on any atom is 0.122 e. The topological polar surface area (TPSA) is 49.7 Å². The van der Waals surface area contributed by atoms with Gasteiger partial charge in [-0.1, -0.05) is 22.0 Å². The molecule has 1 fully saturated rings. The van der Waals surface area contributed by atoms with Crippen molar-refractivity contribution >= 4 is 15.9 Å². The van der Waals surface area contributed by atoms with Crippen molar-refractivity contribution in [3.05, 3.63) is 28.2 Å². The molecular formula is C11H13BrO3. The Labute approximate surface area is 96.8 Å². The molecule has 0 bridgehead atoms. The Bertz CT molecular complexity index is 339. The number of hydrogen-bond donors (Lipinski definition) is 2. The average molecular weight is 273 g/mol. The smallest absolute Gasteiger partial charge is 0.122 e. The first-order valence-electron chi connectivity index (χ1n) is 4.91. The molecule has 0 aromatic heterocycles. The predicted octanol–water partition coefficient (Wildman–Crippen LogP) is 2.15. The molecule has 15 heavy (non-hydrogen) atoms. The number of halogens is 1. The Kier molecular flexibility index (Phi) is 3.00. The zero-order valence-electron chi connectivity index (χ0n) is 8.24. The van der Waals surface area contributed by atoms with E-state index in [1.54, 1.807) is 12.1 Å². The zero-order valence-corrected chi connectivity index (χ0v) is 9.83. The second-order valence-corrected chi connectivity index (χ2v) is 4.63. The van der Waals surface area contributed by atoms with Crippen LogP contribution >= 0.6 is 15.9 Å². The van der Waals surface area contributed by atoms with Crippen LogP contribution in [0.2, 0.25) is 0 Å². The van der Waals surface area contributed by atoms with Gasteiger partial charge in [-0.05, 0) is 12.1 Å². The van der Waals surface area contributed by atoms with Crippen LogP contribution in [0.1, 0.15) is 18.4 Å². The van der Waals surface area contributed by atoms with Gasteiger partial charge in [-0.25, -0.2) is 0 Å². The molecule has 0 aliphatic carbocycles. The average Bonchev–Trinajstić information content (AvgIpc) is 2.18. The molecule has 2 N–H and O–H groups in total. The van der Waals surface area contributed by atoms with Gasteiger partial charge in [0.05, 0.1) is 5.60 Å². The van der Waals surface area contributed by atoms with Crippen LogP contribution in [0.15, 0.2) is 22.7 Å². The Balaban J connectivity index is 2.42. The predicted molar refractivity (Wildman–Crippen MR) is 59.8 cm³/mol. The third-order valence-electron chi connectivity index (χ3n) is 2.78. The molecule has 4 heteroatoms. The molecule has 1 aromatic carbocycles. The molecule has 1 aliphatic rings. The molecule has 0 amide bonds. The minimum Gasteiger partial charge on any atom is -0.508 e. The van der Waals surface area contributed by atoms with Gasteiger partial charge in [0.25, 0.3) is 0 Å². The minimum atomic E-state index is -0.970. The van der Waals surface area contributed by atoms with Crippen LogP contribution in [0, 0.1) is 0 Å². The summed E-state index contributed by atoms with van der Waals surface area (Å²) in [6, 6.07) is 5.15. The maximum absolute atomic E-state index is 10.4. The molecule has 2 rings (SSSR count). The fraction of sp³-hybridized carbons (Fsp3) is 0.455. The van der Waals surface area contributed by atoms with E-state index >= 15 is 0 Å². The molecule has 0 radical (unpaired) electrons. The standard InChI is InChI=1S/C11H13BrO3/c12-8-2-1-3-9(13)10(8)11(14)4-6-15-7-5-11/h1-3,13-14H,4-7H2. The molecule has 0 unspecified atom stereocenters. The largest absolute Gasteiger partial charge is 0.508 e. The molecule has 1 heterocycles. The summed E-state index contributed by atoms with van der Waals surface area (Å²) in [6.45, 7) is 1.05. The number of phenolic OH excluding ortho intramolecular Hbond substituents is 1. The number of hydrogen-bond acceptors (Lipinski definition) is 3. The summed E-state index contributed by atoms with van der Waals surface area (Å²) in [4.78, 5) is 0. The van der Waals surface area contributed by atoms with E-state index in [1.165, 1.54) is 0 Å². The molecule has 1 aliphatic heterocycles. The van der Waals surface area contributed by atoms with E-state index in [2.05, 4.69) is 15.9 Å². The van der Waals surface area contributed by atoms with Crippen LogP contribution in [0.4, 0.5) is 0 Å². The third-order valence-corrected chi connectivity index (χ3v) is 3.44. The Morgan fingerprint density at radius 1 is 1.27 bits per heavy atom. The van der Waals surface area contributed by atoms with Crippen molar-refractivity contribution in [2.24, 2.45) is 0 Å². The van der Waals surface area contributed by atoms with Gasteiger partial charge in [0.2, 0.25) is 0 Å². The molecule has 1 saturated heterocycles. The maximum atomic E-state index is 10.4. The number of aliphatic hydroxyl groups is 1. The lowest BCUT2D eigenvalue weighted by Crippen LogP contribution is -2.33. The Morgan fingerprint density at radius 3 is 2.53 bits per heavy atom. The summed E-state index contributed by atoms with van der Waals surface area (Å²) < 4.78 is 5.95. The van der Waals surface area contributed by atoms with Crippen molar-refractivity contribution in [2.75, 3.05) is 13.2 Å². The van der Waals surface area contributed by atoms with Gasteiger partial charge < -0.3 is 14.9 Å². The first kappa shape index (κ1) is 10.9. The fourth-order valence-corrected chi connectivity index (χ4v) is 2.66. The lowest BCUT2D eigenvalue weighted by Gasteiger charge is -2.33. The van der Waals surface area contributed by atoms with Crippen LogP contribution in [0.5, 0.6) is 5.75 Å². The van der Waals surface area contributed by atoms with Crippen molar-refractivity contribution in [1.29, 1.82) is 0 Å². The van der Waals surface area contributed by atoms with E-state index in [1.807, 2.05) is 6.07 Å². The van der Waals surface area contributed by atoms with Crippen molar-refractivity contribution in [1.82, 2.24) is 0 Å².